The molecule has 0 aliphatic heterocycles. The summed E-state index contributed by atoms with van der Waals surface area (Å²) in [6.07, 6.45) is 0. The Kier molecular flexibility index (Phi) is 4.65. The van der Waals surface area contributed by atoms with Crippen molar-refractivity contribution in [3.05, 3.63) is 24.3 Å². The first kappa shape index (κ1) is 17.1. The molecule has 114 valence electrons. The lowest BCUT2D eigenvalue weighted by Gasteiger charge is -2.26. The Bertz CT molecular complexity index is 688. The lowest BCUT2D eigenvalue weighted by Crippen LogP contribution is -2.35. The van der Waals surface area contributed by atoms with Gasteiger partial charge in [0.15, 0.2) is 0 Å². The van der Waals surface area contributed by atoms with Crippen molar-refractivity contribution in [3.8, 4) is 0 Å². The summed E-state index contributed by atoms with van der Waals surface area (Å²) >= 11 is 0. The van der Waals surface area contributed by atoms with Gasteiger partial charge < -0.3 is 0 Å². The first-order valence-corrected chi connectivity index (χ1v) is 8.92. The highest BCUT2D eigenvalue weighted by Crippen LogP contribution is 2.25. The minimum atomic E-state index is -4.10. The van der Waals surface area contributed by atoms with E-state index in [2.05, 4.69) is 0 Å². The molecule has 0 aliphatic rings. The average molecular weight is 320 g/mol. The van der Waals surface area contributed by atoms with Crippen molar-refractivity contribution in [2.75, 3.05) is 13.6 Å². The van der Waals surface area contributed by atoms with Crippen molar-refractivity contribution in [3.63, 3.8) is 0 Å². The number of rotatable bonds is 4. The van der Waals surface area contributed by atoms with Crippen LogP contribution in [0.25, 0.3) is 0 Å². The Labute approximate surface area is 120 Å². The molecular formula is C12H20N2O4S2. The summed E-state index contributed by atoms with van der Waals surface area (Å²) in [4.78, 5) is -0.685. The van der Waals surface area contributed by atoms with Gasteiger partial charge in [0.25, 0.3) is 0 Å². The van der Waals surface area contributed by atoms with Crippen molar-refractivity contribution in [2.45, 2.75) is 30.6 Å². The van der Waals surface area contributed by atoms with Gasteiger partial charge in [-0.15, -0.1) is 0 Å². The maximum absolute atomic E-state index is 12.5. The lowest BCUT2D eigenvalue weighted by molar-refractivity contribution is 0.310. The van der Waals surface area contributed by atoms with E-state index in [4.69, 9.17) is 5.14 Å². The smallest absolute Gasteiger partial charge is 0.225 e. The molecule has 0 saturated heterocycles. The molecule has 0 unspecified atom stereocenters. The number of hydrogen-bond acceptors (Lipinski definition) is 4. The van der Waals surface area contributed by atoms with Crippen LogP contribution in [0.15, 0.2) is 34.1 Å². The molecule has 20 heavy (non-hydrogen) atoms. The van der Waals surface area contributed by atoms with Crippen molar-refractivity contribution < 1.29 is 16.8 Å². The highest BCUT2D eigenvalue weighted by molar-refractivity contribution is 7.92. The molecule has 1 aromatic rings. The zero-order chi connectivity index (χ0) is 15.8. The molecule has 1 rings (SSSR count). The normalized spacial score (nSPS) is 13.7. The van der Waals surface area contributed by atoms with Crippen LogP contribution in [-0.4, -0.2) is 34.7 Å². The number of nitrogens with zero attached hydrogens (tertiary/aromatic N) is 1. The quantitative estimate of drug-likeness (QED) is 0.895. The second-order valence-corrected chi connectivity index (χ2v) is 9.36. The fourth-order valence-corrected chi connectivity index (χ4v) is 4.57. The Balaban J connectivity index is 3.38. The molecule has 1 aromatic carbocycles. The Morgan fingerprint density at radius 1 is 1.05 bits per heavy atom. The van der Waals surface area contributed by atoms with Gasteiger partial charge in [0.05, 0.1) is 0 Å². The summed E-state index contributed by atoms with van der Waals surface area (Å²) in [5.74, 6) is 0. The van der Waals surface area contributed by atoms with E-state index in [9.17, 15) is 16.8 Å². The van der Waals surface area contributed by atoms with Crippen LogP contribution >= 0.6 is 0 Å². The van der Waals surface area contributed by atoms with E-state index in [1.807, 2.05) is 20.8 Å². The Hall–Kier alpha value is -0.960. The molecule has 0 heterocycles. The minimum absolute atomic E-state index is 0.252. The largest absolute Gasteiger partial charge is 0.244 e. The molecule has 0 aromatic heterocycles. The van der Waals surface area contributed by atoms with Crippen LogP contribution < -0.4 is 5.14 Å². The molecule has 0 atom stereocenters. The summed E-state index contributed by atoms with van der Waals surface area (Å²) in [6.45, 7) is 5.94. The fraction of sp³-hybridized carbons (Fsp3) is 0.500. The molecule has 6 nitrogen and oxygen atoms in total. The van der Waals surface area contributed by atoms with Gasteiger partial charge in [-0.25, -0.2) is 26.3 Å². The van der Waals surface area contributed by atoms with Crippen molar-refractivity contribution in [1.29, 1.82) is 0 Å². The van der Waals surface area contributed by atoms with Crippen LogP contribution in [0.4, 0.5) is 0 Å². The van der Waals surface area contributed by atoms with E-state index in [1.165, 1.54) is 31.3 Å². The molecular weight excluding hydrogens is 300 g/mol. The van der Waals surface area contributed by atoms with E-state index in [-0.39, 0.29) is 21.8 Å². The third-order valence-electron chi connectivity index (χ3n) is 2.54. The second-order valence-electron chi connectivity index (χ2n) is 5.81. The van der Waals surface area contributed by atoms with Crippen LogP contribution in [0.3, 0.4) is 0 Å². The molecule has 0 amide bonds. The first-order valence-electron chi connectivity index (χ1n) is 5.94. The minimum Gasteiger partial charge on any atom is -0.225 e. The van der Waals surface area contributed by atoms with Crippen LogP contribution in [0, 0.1) is 5.41 Å². The molecule has 0 fully saturated rings. The van der Waals surface area contributed by atoms with Gasteiger partial charge in [-0.2, -0.15) is 0 Å². The summed E-state index contributed by atoms with van der Waals surface area (Å²) < 4.78 is 49.1. The zero-order valence-electron chi connectivity index (χ0n) is 12.0. The maximum Gasteiger partial charge on any atom is 0.244 e. The number of benzene rings is 1. The topological polar surface area (TPSA) is 97.5 Å². The van der Waals surface area contributed by atoms with Gasteiger partial charge in [-0.1, -0.05) is 32.9 Å². The van der Waals surface area contributed by atoms with E-state index >= 15 is 0 Å². The van der Waals surface area contributed by atoms with Crippen LogP contribution in [-0.2, 0) is 20.0 Å². The van der Waals surface area contributed by atoms with Crippen LogP contribution in [0.2, 0.25) is 0 Å². The second kappa shape index (κ2) is 5.44. The predicted molar refractivity (Wildman–Crippen MR) is 77.1 cm³/mol. The van der Waals surface area contributed by atoms with Gasteiger partial charge in [-0.05, 0) is 17.5 Å². The number of nitrogens with two attached hydrogens (primary N) is 1. The highest BCUT2D eigenvalue weighted by Gasteiger charge is 2.29. The van der Waals surface area contributed by atoms with Gasteiger partial charge in [0, 0.05) is 13.6 Å². The summed E-state index contributed by atoms with van der Waals surface area (Å²) in [7, 11) is -6.59. The average Bonchev–Trinajstić information content (AvgIpc) is 2.25. The summed E-state index contributed by atoms with van der Waals surface area (Å²) in [5.41, 5.74) is -0.252. The standard InChI is InChI=1S/C12H20N2O4S2/c1-12(2,3)9-14(4)20(17,18)11-8-6-5-7-10(11)19(13,15)16/h5-8H,9H2,1-4H3,(H2,13,15,16). The van der Waals surface area contributed by atoms with E-state index in [1.54, 1.807) is 0 Å². The number of sulfonamides is 2. The number of primary sulfonamides is 1. The highest BCUT2D eigenvalue weighted by atomic mass is 32.2. The molecule has 0 spiro atoms. The zero-order valence-corrected chi connectivity index (χ0v) is 13.6. The Morgan fingerprint density at radius 2 is 1.50 bits per heavy atom. The monoisotopic (exact) mass is 320 g/mol. The fourth-order valence-electron chi connectivity index (χ4n) is 1.82. The van der Waals surface area contributed by atoms with E-state index < -0.39 is 20.0 Å². The van der Waals surface area contributed by atoms with E-state index in [0.29, 0.717) is 0 Å². The van der Waals surface area contributed by atoms with Gasteiger partial charge in [0.2, 0.25) is 20.0 Å². The van der Waals surface area contributed by atoms with Gasteiger partial charge in [0.1, 0.15) is 9.79 Å². The van der Waals surface area contributed by atoms with Crippen molar-refractivity contribution in [1.82, 2.24) is 4.31 Å². The predicted octanol–water partition coefficient (Wildman–Crippen LogP) is 1.00. The molecule has 0 radical (unpaired) electrons. The van der Waals surface area contributed by atoms with Crippen molar-refractivity contribution in [2.24, 2.45) is 10.6 Å². The van der Waals surface area contributed by atoms with Gasteiger partial charge in [-0.3, -0.25) is 0 Å². The molecule has 0 bridgehead atoms. The summed E-state index contributed by atoms with van der Waals surface area (Å²) in [5, 5.41) is 5.07. The molecule has 2 N–H and O–H groups in total. The maximum atomic E-state index is 12.5. The summed E-state index contributed by atoms with van der Waals surface area (Å²) in [6, 6.07) is 5.33. The molecule has 0 aliphatic carbocycles. The molecule has 8 heteroatoms. The number of hydrogen-bond donors (Lipinski definition) is 1. The van der Waals surface area contributed by atoms with Crippen LogP contribution in [0.1, 0.15) is 20.8 Å². The first-order chi connectivity index (χ1) is 8.86. The third kappa shape index (κ3) is 4.02. The van der Waals surface area contributed by atoms with Gasteiger partial charge >= 0.3 is 0 Å². The Morgan fingerprint density at radius 3 is 1.90 bits per heavy atom. The van der Waals surface area contributed by atoms with Crippen LogP contribution in [0.5, 0.6) is 0 Å². The van der Waals surface area contributed by atoms with E-state index in [0.717, 1.165) is 4.31 Å². The third-order valence-corrected chi connectivity index (χ3v) is 5.50. The molecule has 0 saturated carbocycles. The SMILES string of the molecule is CN(CC(C)(C)C)S(=O)(=O)c1ccccc1S(N)(=O)=O. The van der Waals surface area contributed by atoms with Crippen molar-refractivity contribution >= 4 is 20.0 Å². The lowest BCUT2D eigenvalue weighted by atomic mass is 9.97.